The first-order valence-electron chi connectivity index (χ1n) is 8.66. The number of hydrogen-bond acceptors (Lipinski definition) is 4. The van der Waals surface area contributed by atoms with Crippen LogP contribution in [0.4, 0.5) is 8.78 Å². The minimum absolute atomic E-state index is 0.212. The van der Waals surface area contributed by atoms with Gasteiger partial charge in [0.2, 0.25) is 0 Å². The van der Waals surface area contributed by atoms with Crippen LogP contribution in [0.1, 0.15) is 11.1 Å². The van der Waals surface area contributed by atoms with Crippen LogP contribution in [0.25, 0.3) is 16.6 Å². The number of fused-ring (bicyclic) bond motifs is 1. The third-order valence-electron chi connectivity index (χ3n) is 4.37. The molecule has 0 fully saturated rings. The van der Waals surface area contributed by atoms with E-state index in [1.807, 2.05) is 6.07 Å². The number of nitrogens with zero attached hydrogens (tertiary/aromatic N) is 3. The number of aromatic nitrogens is 2. The van der Waals surface area contributed by atoms with Crippen molar-refractivity contribution in [2.24, 2.45) is 0 Å². The molecule has 0 saturated heterocycles. The number of benzene rings is 3. The lowest BCUT2D eigenvalue weighted by molar-refractivity contribution is 0.616. The molecule has 0 spiro atoms. The fraction of sp³-hybridized carbons (Fsp3) is 0.0455. The summed E-state index contributed by atoms with van der Waals surface area (Å²) in [6, 6.07) is 18.6. The second kappa shape index (κ2) is 7.86. The number of rotatable bonds is 4. The Kier molecular flexibility index (Phi) is 5.10. The summed E-state index contributed by atoms with van der Waals surface area (Å²) in [5.41, 5.74) is 1.34. The van der Waals surface area contributed by atoms with Gasteiger partial charge in [-0.3, -0.25) is 9.36 Å². The first-order valence-corrected chi connectivity index (χ1v) is 9.64. The Morgan fingerprint density at radius 1 is 1.03 bits per heavy atom. The number of thioether (sulfide) groups is 1. The summed E-state index contributed by atoms with van der Waals surface area (Å²) in [6.45, 7) is 0. The highest BCUT2D eigenvalue weighted by Crippen LogP contribution is 2.26. The number of hydrogen-bond donors (Lipinski definition) is 0. The molecule has 1 aromatic heterocycles. The first kappa shape index (κ1) is 18.8. The van der Waals surface area contributed by atoms with E-state index in [1.54, 1.807) is 36.4 Å². The monoisotopic (exact) mass is 405 g/mol. The van der Waals surface area contributed by atoms with Crippen LogP contribution < -0.4 is 5.56 Å². The van der Waals surface area contributed by atoms with Gasteiger partial charge in [-0.2, -0.15) is 5.26 Å². The molecule has 0 aliphatic rings. The van der Waals surface area contributed by atoms with Gasteiger partial charge >= 0.3 is 0 Å². The normalized spacial score (nSPS) is 10.8. The summed E-state index contributed by atoms with van der Waals surface area (Å²) >= 11 is 1.19. The number of halogens is 2. The molecule has 0 unspecified atom stereocenters. The topological polar surface area (TPSA) is 58.7 Å². The molecule has 0 N–H and O–H groups in total. The van der Waals surface area contributed by atoms with Crippen LogP contribution in [0.3, 0.4) is 0 Å². The van der Waals surface area contributed by atoms with Gasteiger partial charge in [-0.05, 0) is 54.1 Å². The molecule has 0 saturated carbocycles. The maximum atomic E-state index is 14.2. The van der Waals surface area contributed by atoms with Gasteiger partial charge in [-0.25, -0.2) is 13.8 Å². The lowest BCUT2D eigenvalue weighted by atomic mass is 10.1. The van der Waals surface area contributed by atoms with E-state index in [2.05, 4.69) is 4.98 Å². The highest BCUT2D eigenvalue weighted by atomic mass is 32.2. The number of para-hydroxylation sites is 1. The van der Waals surface area contributed by atoms with E-state index in [0.717, 1.165) is 0 Å². The molecule has 0 radical (unpaired) electrons. The van der Waals surface area contributed by atoms with Crippen molar-refractivity contribution in [1.29, 1.82) is 5.26 Å². The Morgan fingerprint density at radius 2 is 1.79 bits per heavy atom. The second-order valence-electron chi connectivity index (χ2n) is 6.24. The zero-order valence-corrected chi connectivity index (χ0v) is 15.8. The van der Waals surface area contributed by atoms with Gasteiger partial charge in [0.05, 0.1) is 28.2 Å². The van der Waals surface area contributed by atoms with Crippen LogP contribution in [0.2, 0.25) is 0 Å². The van der Waals surface area contributed by atoms with Crippen LogP contribution in [-0.2, 0) is 5.75 Å². The molecular formula is C22H13F2N3OS. The summed E-state index contributed by atoms with van der Waals surface area (Å²) < 4.78 is 29.0. The van der Waals surface area contributed by atoms with E-state index >= 15 is 0 Å². The van der Waals surface area contributed by atoms with Crippen LogP contribution >= 0.6 is 11.8 Å². The van der Waals surface area contributed by atoms with E-state index < -0.39 is 11.6 Å². The molecule has 4 rings (SSSR count). The Hall–Kier alpha value is -3.50. The molecule has 4 nitrogen and oxygen atoms in total. The zero-order valence-electron chi connectivity index (χ0n) is 15.0. The van der Waals surface area contributed by atoms with Crippen molar-refractivity contribution in [3.8, 4) is 11.8 Å². The molecule has 1 heterocycles. The van der Waals surface area contributed by atoms with Crippen LogP contribution in [-0.4, -0.2) is 9.55 Å². The Morgan fingerprint density at radius 3 is 2.52 bits per heavy atom. The zero-order chi connectivity index (χ0) is 20.4. The van der Waals surface area contributed by atoms with Crippen molar-refractivity contribution in [3.05, 3.63) is 99.8 Å². The Bertz CT molecular complexity index is 1310. The molecule has 0 aliphatic carbocycles. The van der Waals surface area contributed by atoms with Gasteiger partial charge in [-0.15, -0.1) is 0 Å². The highest BCUT2D eigenvalue weighted by Gasteiger charge is 2.14. The minimum Gasteiger partial charge on any atom is -0.268 e. The smallest absolute Gasteiger partial charge is 0.266 e. The molecule has 7 heteroatoms. The van der Waals surface area contributed by atoms with Crippen molar-refractivity contribution >= 4 is 22.7 Å². The van der Waals surface area contributed by atoms with E-state index in [0.29, 0.717) is 27.3 Å². The van der Waals surface area contributed by atoms with Gasteiger partial charge in [0.25, 0.3) is 5.56 Å². The maximum Gasteiger partial charge on any atom is 0.266 e. The average molecular weight is 405 g/mol. The average Bonchev–Trinajstić information content (AvgIpc) is 2.74. The molecule has 0 amide bonds. The standard InChI is InChI=1S/C22H13F2N3OS/c23-16-7-9-17(10-8-16)27-21(28)18-3-1-2-4-20(18)26-22(27)29-13-15-6-5-14(12-25)11-19(15)24/h1-11H,13H2. The quantitative estimate of drug-likeness (QED) is 0.361. The predicted molar refractivity (Wildman–Crippen MR) is 108 cm³/mol. The van der Waals surface area contributed by atoms with Crippen molar-refractivity contribution in [3.63, 3.8) is 0 Å². The highest BCUT2D eigenvalue weighted by molar-refractivity contribution is 7.98. The molecule has 4 aromatic rings. The third-order valence-corrected chi connectivity index (χ3v) is 5.36. The summed E-state index contributed by atoms with van der Waals surface area (Å²) in [5.74, 6) is -0.693. The van der Waals surface area contributed by atoms with Crippen LogP contribution in [0, 0.1) is 23.0 Å². The summed E-state index contributed by atoms with van der Waals surface area (Å²) in [4.78, 5) is 17.7. The number of nitriles is 1. The first-order chi connectivity index (χ1) is 14.1. The molecule has 0 bridgehead atoms. The van der Waals surface area contributed by atoms with Gasteiger partial charge < -0.3 is 0 Å². The Labute approximate surface area is 169 Å². The minimum atomic E-state index is -0.493. The SMILES string of the molecule is N#Cc1ccc(CSc2nc3ccccc3c(=O)n2-c2ccc(F)cc2)c(F)c1. The third kappa shape index (κ3) is 3.75. The molecule has 0 atom stereocenters. The summed E-state index contributed by atoms with van der Waals surface area (Å²) in [7, 11) is 0. The van der Waals surface area contributed by atoms with E-state index in [-0.39, 0.29) is 16.9 Å². The van der Waals surface area contributed by atoms with Gasteiger partial charge in [0, 0.05) is 5.75 Å². The maximum absolute atomic E-state index is 14.2. The van der Waals surface area contributed by atoms with Gasteiger partial charge in [0.15, 0.2) is 5.16 Å². The van der Waals surface area contributed by atoms with E-state index in [1.165, 1.54) is 46.7 Å². The summed E-state index contributed by atoms with van der Waals surface area (Å²) in [5, 5.41) is 9.68. The van der Waals surface area contributed by atoms with Crippen LogP contribution in [0.5, 0.6) is 0 Å². The molecule has 0 aliphatic heterocycles. The van der Waals surface area contributed by atoms with E-state index in [9.17, 15) is 13.6 Å². The van der Waals surface area contributed by atoms with Crippen molar-refractivity contribution in [1.82, 2.24) is 9.55 Å². The fourth-order valence-corrected chi connectivity index (χ4v) is 3.90. The van der Waals surface area contributed by atoms with Crippen molar-refractivity contribution < 1.29 is 8.78 Å². The fourth-order valence-electron chi connectivity index (χ4n) is 2.90. The lowest BCUT2D eigenvalue weighted by Gasteiger charge is -2.13. The second-order valence-corrected chi connectivity index (χ2v) is 7.18. The Balaban J connectivity index is 1.80. The van der Waals surface area contributed by atoms with Gasteiger partial charge in [-0.1, -0.05) is 30.0 Å². The van der Waals surface area contributed by atoms with Crippen molar-refractivity contribution in [2.45, 2.75) is 10.9 Å². The van der Waals surface area contributed by atoms with Gasteiger partial charge in [0.1, 0.15) is 11.6 Å². The summed E-state index contributed by atoms with van der Waals surface area (Å²) in [6.07, 6.45) is 0. The lowest BCUT2D eigenvalue weighted by Crippen LogP contribution is -2.21. The molecular weight excluding hydrogens is 392 g/mol. The molecule has 142 valence electrons. The van der Waals surface area contributed by atoms with Crippen LogP contribution in [0.15, 0.2) is 76.7 Å². The van der Waals surface area contributed by atoms with Crippen molar-refractivity contribution in [2.75, 3.05) is 0 Å². The predicted octanol–water partition coefficient (Wildman–Crippen LogP) is 4.83. The molecule has 3 aromatic carbocycles. The molecule has 29 heavy (non-hydrogen) atoms. The largest absolute Gasteiger partial charge is 0.268 e. The van der Waals surface area contributed by atoms with E-state index in [4.69, 9.17) is 5.26 Å².